The van der Waals surface area contributed by atoms with Gasteiger partial charge in [0.2, 0.25) is 10.0 Å². The summed E-state index contributed by atoms with van der Waals surface area (Å²) >= 11 is 0. The molecular weight excluding hydrogens is 403 g/mol. The molecule has 29 heavy (non-hydrogen) atoms. The maximum Gasteiger partial charge on any atom is 0.434 e. The van der Waals surface area contributed by atoms with E-state index in [0.717, 1.165) is 0 Å². The van der Waals surface area contributed by atoms with Crippen molar-refractivity contribution in [3.05, 3.63) is 59.8 Å². The highest BCUT2D eigenvalue weighted by molar-refractivity contribution is 7.89. The first kappa shape index (κ1) is 20.6. The van der Waals surface area contributed by atoms with Crippen LogP contribution in [0.5, 0.6) is 0 Å². The Morgan fingerprint density at radius 2 is 1.69 bits per heavy atom. The predicted molar refractivity (Wildman–Crippen MR) is 103 cm³/mol. The quantitative estimate of drug-likeness (QED) is 0.652. The van der Waals surface area contributed by atoms with Gasteiger partial charge in [0.1, 0.15) is 5.69 Å². The van der Waals surface area contributed by atoms with Crippen molar-refractivity contribution in [1.82, 2.24) is 9.78 Å². The number of aromatic nitrogens is 2. The van der Waals surface area contributed by atoms with Gasteiger partial charge in [-0.05, 0) is 37.1 Å². The topological polar surface area (TPSA) is 78.0 Å². The molecular formula is C20H16F3N3O2S. The smallest absolute Gasteiger partial charge is 0.225 e. The van der Waals surface area contributed by atoms with Gasteiger partial charge in [0.25, 0.3) is 0 Å². The van der Waals surface area contributed by atoms with E-state index in [9.17, 15) is 21.6 Å². The number of hydrogen-bond donors (Lipinski definition) is 1. The van der Waals surface area contributed by atoms with E-state index in [4.69, 9.17) is 5.14 Å². The molecule has 3 aromatic rings. The lowest BCUT2D eigenvalue weighted by atomic mass is 9.95. The van der Waals surface area contributed by atoms with E-state index in [2.05, 4.69) is 17.1 Å². The number of aryl methyl sites for hydroxylation is 1. The molecule has 2 N–H and O–H groups in total. The number of sulfonamides is 1. The van der Waals surface area contributed by atoms with Crippen LogP contribution in [-0.4, -0.2) is 18.2 Å². The van der Waals surface area contributed by atoms with Crippen LogP contribution >= 0.6 is 0 Å². The normalized spacial score (nSPS) is 11.8. The van der Waals surface area contributed by atoms with E-state index in [0.29, 0.717) is 21.4 Å². The van der Waals surface area contributed by atoms with Crippen LogP contribution in [0.3, 0.4) is 0 Å². The van der Waals surface area contributed by atoms with Crippen molar-refractivity contribution in [2.45, 2.75) is 24.9 Å². The second-order valence-corrected chi connectivity index (χ2v) is 7.79. The van der Waals surface area contributed by atoms with E-state index in [-0.39, 0.29) is 16.2 Å². The summed E-state index contributed by atoms with van der Waals surface area (Å²) < 4.78 is 65.5. The zero-order valence-electron chi connectivity index (χ0n) is 15.4. The van der Waals surface area contributed by atoms with E-state index in [1.807, 2.05) is 0 Å². The molecule has 0 atom stereocenters. The molecule has 1 aromatic heterocycles. The van der Waals surface area contributed by atoms with Gasteiger partial charge in [-0.2, -0.15) is 23.0 Å². The second-order valence-electron chi connectivity index (χ2n) is 6.23. The number of alkyl halides is 3. The van der Waals surface area contributed by atoms with Crippen molar-refractivity contribution in [2.75, 3.05) is 0 Å². The first-order valence-corrected chi connectivity index (χ1v) is 9.91. The second kappa shape index (κ2) is 7.39. The molecule has 0 bridgehead atoms. The number of benzene rings is 2. The zero-order chi connectivity index (χ0) is 21.4. The molecule has 3 rings (SSSR count). The van der Waals surface area contributed by atoms with Gasteiger partial charge in [-0.1, -0.05) is 42.3 Å². The Morgan fingerprint density at radius 1 is 1.07 bits per heavy atom. The SMILES string of the molecule is CC#Cn1nc(-c2ccc(S(N)(=O)=O)cc2)c(-c2ccccc2C)c1C(F)(F)F. The van der Waals surface area contributed by atoms with E-state index >= 15 is 0 Å². The van der Waals surface area contributed by atoms with Crippen LogP contribution in [-0.2, 0) is 16.2 Å². The molecule has 0 amide bonds. The Hall–Kier alpha value is -3.09. The van der Waals surface area contributed by atoms with Crippen LogP contribution in [0.1, 0.15) is 18.2 Å². The first-order valence-electron chi connectivity index (χ1n) is 8.36. The van der Waals surface area contributed by atoms with Crippen molar-refractivity contribution in [3.8, 4) is 34.3 Å². The molecule has 0 spiro atoms. The van der Waals surface area contributed by atoms with Crippen LogP contribution in [0.4, 0.5) is 13.2 Å². The average Bonchev–Trinajstić information content (AvgIpc) is 3.01. The highest BCUT2D eigenvalue weighted by Gasteiger charge is 2.41. The van der Waals surface area contributed by atoms with Gasteiger partial charge in [-0.15, -0.1) is 0 Å². The Kier molecular flexibility index (Phi) is 5.26. The summed E-state index contributed by atoms with van der Waals surface area (Å²) in [6.45, 7) is 3.11. The van der Waals surface area contributed by atoms with Crippen LogP contribution in [0, 0.1) is 18.9 Å². The lowest BCUT2D eigenvalue weighted by molar-refractivity contribution is -0.142. The summed E-state index contributed by atoms with van der Waals surface area (Å²) in [5, 5.41) is 9.18. The fourth-order valence-corrected chi connectivity index (χ4v) is 3.50. The van der Waals surface area contributed by atoms with Crippen LogP contribution in [0.15, 0.2) is 53.4 Å². The Morgan fingerprint density at radius 3 is 2.21 bits per heavy atom. The summed E-state index contributed by atoms with van der Waals surface area (Å²) in [5.41, 5.74) is 0.209. The standard InChI is InChI=1S/C20H16F3N3O2S/c1-3-12-26-19(20(21,22)23)17(16-7-5-4-6-13(16)2)18(25-26)14-8-10-15(11-9-14)29(24,27)28/h4-11H,1-2H3,(H2,24,27,28). The monoisotopic (exact) mass is 419 g/mol. The van der Waals surface area contributed by atoms with Crippen molar-refractivity contribution >= 4 is 10.0 Å². The minimum absolute atomic E-state index is 0.0374. The third-order valence-electron chi connectivity index (χ3n) is 4.24. The predicted octanol–water partition coefficient (Wildman–Crippen LogP) is 4.02. The Labute approximate surface area is 166 Å². The summed E-state index contributed by atoms with van der Waals surface area (Å²) in [7, 11) is -3.93. The van der Waals surface area contributed by atoms with Gasteiger partial charge in [-0.25, -0.2) is 13.6 Å². The summed E-state index contributed by atoms with van der Waals surface area (Å²) in [4.78, 5) is -0.150. The van der Waals surface area contributed by atoms with E-state index in [1.54, 1.807) is 31.2 Å². The van der Waals surface area contributed by atoms with Crippen molar-refractivity contribution in [1.29, 1.82) is 0 Å². The minimum Gasteiger partial charge on any atom is -0.225 e. The third kappa shape index (κ3) is 4.04. The largest absolute Gasteiger partial charge is 0.434 e. The molecule has 0 saturated carbocycles. The molecule has 0 saturated heterocycles. The van der Waals surface area contributed by atoms with Crippen LogP contribution < -0.4 is 5.14 Å². The molecule has 150 valence electrons. The van der Waals surface area contributed by atoms with Gasteiger partial charge in [-0.3, -0.25) is 0 Å². The highest BCUT2D eigenvalue weighted by Crippen LogP contribution is 2.43. The number of primary sulfonamides is 1. The molecule has 0 aliphatic carbocycles. The molecule has 0 unspecified atom stereocenters. The summed E-state index contributed by atoms with van der Waals surface area (Å²) in [6, 6.07) is 14.2. The van der Waals surface area contributed by atoms with Gasteiger partial charge < -0.3 is 0 Å². The average molecular weight is 419 g/mol. The molecule has 0 aliphatic rings. The Bertz CT molecular complexity index is 1230. The number of hydrogen-bond acceptors (Lipinski definition) is 3. The molecule has 0 aliphatic heterocycles. The van der Waals surface area contributed by atoms with Gasteiger partial charge >= 0.3 is 6.18 Å². The first-order chi connectivity index (χ1) is 13.5. The molecule has 5 nitrogen and oxygen atoms in total. The molecule has 0 fully saturated rings. The number of halogens is 3. The summed E-state index contributed by atoms with van der Waals surface area (Å²) in [5.74, 6) is 2.44. The fourth-order valence-electron chi connectivity index (χ4n) is 2.98. The third-order valence-corrected chi connectivity index (χ3v) is 5.17. The van der Waals surface area contributed by atoms with E-state index < -0.39 is 21.9 Å². The van der Waals surface area contributed by atoms with Gasteiger partial charge in [0.15, 0.2) is 5.69 Å². The molecule has 9 heteroatoms. The molecule has 0 radical (unpaired) electrons. The zero-order valence-corrected chi connectivity index (χ0v) is 16.3. The summed E-state index contributed by atoms with van der Waals surface area (Å²) in [6.07, 6.45) is -4.72. The highest BCUT2D eigenvalue weighted by atomic mass is 32.2. The number of nitrogens with two attached hydrogens (primary N) is 1. The van der Waals surface area contributed by atoms with Crippen LogP contribution in [0.2, 0.25) is 0 Å². The molecule has 2 aromatic carbocycles. The van der Waals surface area contributed by atoms with Gasteiger partial charge in [0, 0.05) is 17.2 Å². The maximum absolute atomic E-state index is 14.0. The van der Waals surface area contributed by atoms with E-state index in [1.165, 1.54) is 31.2 Å². The lowest BCUT2D eigenvalue weighted by Crippen LogP contribution is -2.13. The number of rotatable bonds is 3. The lowest BCUT2D eigenvalue weighted by Gasteiger charge is -2.12. The van der Waals surface area contributed by atoms with Crippen molar-refractivity contribution in [2.24, 2.45) is 5.14 Å². The Balaban J connectivity index is 2.38. The molecule has 1 heterocycles. The van der Waals surface area contributed by atoms with Crippen molar-refractivity contribution < 1.29 is 21.6 Å². The van der Waals surface area contributed by atoms with Crippen LogP contribution in [0.25, 0.3) is 22.4 Å². The fraction of sp³-hybridized carbons (Fsp3) is 0.150. The number of nitrogens with zero attached hydrogens (tertiary/aromatic N) is 2. The maximum atomic E-state index is 14.0. The van der Waals surface area contributed by atoms with Crippen molar-refractivity contribution in [3.63, 3.8) is 0 Å². The minimum atomic E-state index is -4.72. The van der Waals surface area contributed by atoms with Gasteiger partial charge in [0.05, 0.1) is 4.90 Å².